The molecule has 8 heteroatoms. The molecule has 0 amide bonds. The van der Waals surface area contributed by atoms with Crippen LogP contribution in [0.3, 0.4) is 0 Å². The second-order valence-corrected chi connectivity index (χ2v) is 9.35. The van der Waals surface area contributed by atoms with Crippen LogP contribution in [-0.2, 0) is 19.6 Å². The first kappa shape index (κ1) is 17.1. The highest BCUT2D eigenvalue weighted by atomic mass is 32.2. The van der Waals surface area contributed by atoms with E-state index in [2.05, 4.69) is 16.8 Å². The number of carbonyl (C=O) groups excluding carboxylic acids is 1. The van der Waals surface area contributed by atoms with Gasteiger partial charge in [0, 0.05) is 51.2 Å². The van der Waals surface area contributed by atoms with Crippen molar-refractivity contribution in [2.75, 3.05) is 59.7 Å². The zero-order valence-electron chi connectivity index (χ0n) is 14.2. The number of piperidine rings is 1. The van der Waals surface area contributed by atoms with E-state index in [9.17, 15) is 13.2 Å². The molecule has 0 aromatic rings. The molecule has 23 heavy (non-hydrogen) atoms. The predicted octanol–water partition coefficient (Wildman–Crippen LogP) is -0.553. The number of esters is 1. The largest absolute Gasteiger partial charge is 0.469 e. The summed E-state index contributed by atoms with van der Waals surface area (Å²) in [5.41, 5.74) is -0.405. The summed E-state index contributed by atoms with van der Waals surface area (Å²) in [5, 5.41) is 0. The highest BCUT2D eigenvalue weighted by Crippen LogP contribution is 2.44. The van der Waals surface area contributed by atoms with Crippen molar-refractivity contribution < 1.29 is 17.9 Å². The Kier molecular flexibility index (Phi) is 4.46. The SMILES string of the molecule is COC(=O)[C@@]12CN(C)C[C@@H]1CN(C1CCN(S(C)(=O)=O)CC1)C2. The van der Waals surface area contributed by atoms with Crippen molar-refractivity contribution in [1.29, 1.82) is 0 Å². The van der Waals surface area contributed by atoms with Crippen LogP contribution in [0.4, 0.5) is 0 Å². The van der Waals surface area contributed by atoms with E-state index in [-0.39, 0.29) is 5.97 Å². The molecule has 2 atom stereocenters. The molecule has 3 saturated heterocycles. The molecular weight excluding hydrogens is 318 g/mol. The number of sulfonamides is 1. The first-order valence-corrected chi connectivity index (χ1v) is 10.1. The second-order valence-electron chi connectivity index (χ2n) is 7.36. The lowest BCUT2D eigenvalue weighted by Crippen LogP contribution is -2.48. The molecule has 132 valence electrons. The number of rotatable bonds is 3. The fourth-order valence-electron chi connectivity index (χ4n) is 4.66. The minimum atomic E-state index is -3.09. The molecule has 0 aromatic carbocycles. The van der Waals surface area contributed by atoms with Crippen molar-refractivity contribution in [2.45, 2.75) is 18.9 Å². The summed E-state index contributed by atoms with van der Waals surface area (Å²) < 4.78 is 29.9. The number of likely N-dealkylation sites (tertiary alicyclic amines) is 2. The van der Waals surface area contributed by atoms with Gasteiger partial charge in [-0.05, 0) is 19.9 Å². The van der Waals surface area contributed by atoms with E-state index in [0.717, 1.165) is 39.0 Å². The van der Waals surface area contributed by atoms with Gasteiger partial charge in [0.25, 0.3) is 0 Å². The van der Waals surface area contributed by atoms with Gasteiger partial charge in [-0.2, -0.15) is 0 Å². The quantitative estimate of drug-likeness (QED) is 0.639. The Labute approximate surface area is 138 Å². The summed E-state index contributed by atoms with van der Waals surface area (Å²) in [4.78, 5) is 17.0. The third-order valence-electron chi connectivity index (χ3n) is 5.81. The van der Waals surface area contributed by atoms with Gasteiger partial charge in [0.15, 0.2) is 0 Å². The third-order valence-corrected chi connectivity index (χ3v) is 7.11. The van der Waals surface area contributed by atoms with Crippen molar-refractivity contribution in [3.63, 3.8) is 0 Å². The standard InChI is InChI=1S/C15H27N3O4S/c1-16-8-12-9-17(11-15(12,10-16)14(19)22-2)13-4-6-18(7-5-13)23(3,20)21/h12-13H,4-11H2,1-3H3/t12-,15-/m1/s1. The highest BCUT2D eigenvalue weighted by Gasteiger charge is 2.58. The molecule has 0 unspecified atom stereocenters. The first-order valence-electron chi connectivity index (χ1n) is 8.22. The molecule has 0 saturated carbocycles. The minimum Gasteiger partial charge on any atom is -0.469 e. The molecule has 0 spiro atoms. The Morgan fingerprint density at radius 1 is 1.17 bits per heavy atom. The van der Waals surface area contributed by atoms with E-state index >= 15 is 0 Å². The monoisotopic (exact) mass is 345 g/mol. The predicted molar refractivity (Wildman–Crippen MR) is 86.4 cm³/mol. The fourth-order valence-corrected chi connectivity index (χ4v) is 5.54. The Morgan fingerprint density at radius 2 is 1.83 bits per heavy atom. The van der Waals surface area contributed by atoms with Crippen LogP contribution in [0.25, 0.3) is 0 Å². The van der Waals surface area contributed by atoms with Crippen molar-refractivity contribution in [3.8, 4) is 0 Å². The minimum absolute atomic E-state index is 0.0945. The summed E-state index contributed by atoms with van der Waals surface area (Å²) >= 11 is 0. The molecular formula is C15H27N3O4S. The molecule has 0 N–H and O–H groups in total. The molecule has 7 nitrogen and oxygen atoms in total. The lowest BCUT2D eigenvalue weighted by atomic mass is 9.81. The summed E-state index contributed by atoms with van der Waals surface area (Å²) in [7, 11) is 0.435. The summed E-state index contributed by atoms with van der Waals surface area (Å²) in [6.07, 6.45) is 2.95. The number of hydrogen-bond acceptors (Lipinski definition) is 6. The van der Waals surface area contributed by atoms with Gasteiger partial charge < -0.3 is 9.64 Å². The van der Waals surface area contributed by atoms with E-state index in [1.54, 1.807) is 4.31 Å². The van der Waals surface area contributed by atoms with E-state index in [1.165, 1.54) is 13.4 Å². The molecule has 3 rings (SSSR count). The Morgan fingerprint density at radius 3 is 2.39 bits per heavy atom. The topological polar surface area (TPSA) is 70.2 Å². The van der Waals surface area contributed by atoms with Crippen molar-refractivity contribution in [1.82, 2.24) is 14.1 Å². The number of methoxy groups -OCH3 is 1. The zero-order chi connectivity index (χ0) is 16.8. The van der Waals surface area contributed by atoms with Gasteiger partial charge in [0.1, 0.15) is 0 Å². The molecule has 3 fully saturated rings. The average Bonchev–Trinajstić information content (AvgIpc) is 2.99. The molecule has 0 aliphatic carbocycles. The van der Waals surface area contributed by atoms with Crippen LogP contribution in [0, 0.1) is 11.3 Å². The highest BCUT2D eigenvalue weighted by molar-refractivity contribution is 7.88. The number of hydrogen-bond donors (Lipinski definition) is 0. The lowest BCUT2D eigenvalue weighted by molar-refractivity contribution is -0.152. The maximum atomic E-state index is 12.4. The Bertz CT molecular complexity index is 573. The zero-order valence-corrected chi connectivity index (χ0v) is 15.0. The van der Waals surface area contributed by atoms with Crippen molar-refractivity contribution in [3.05, 3.63) is 0 Å². The van der Waals surface area contributed by atoms with Gasteiger partial charge in [-0.1, -0.05) is 0 Å². The smallest absolute Gasteiger partial charge is 0.314 e. The van der Waals surface area contributed by atoms with Crippen LogP contribution in [0.5, 0.6) is 0 Å². The van der Waals surface area contributed by atoms with Gasteiger partial charge in [-0.3, -0.25) is 9.69 Å². The molecule has 3 aliphatic heterocycles. The summed E-state index contributed by atoms with van der Waals surface area (Å²) in [5.74, 6) is 0.218. The van der Waals surface area contributed by atoms with Crippen molar-refractivity contribution >= 4 is 16.0 Å². The van der Waals surface area contributed by atoms with Crippen LogP contribution in [0.1, 0.15) is 12.8 Å². The van der Waals surface area contributed by atoms with Gasteiger partial charge in [0.05, 0.1) is 18.8 Å². The molecule has 0 aromatic heterocycles. The van der Waals surface area contributed by atoms with E-state index in [1.807, 2.05) is 0 Å². The first-order chi connectivity index (χ1) is 10.8. The molecule has 3 heterocycles. The van der Waals surface area contributed by atoms with Gasteiger partial charge in [0.2, 0.25) is 10.0 Å². The molecule has 3 aliphatic rings. The van der Waals surface area contributed by atoms with Crippen LogP contribution < -0.4 is 0 Å². The normalized spacial score (nSPS) is 34.7. The number of ether oxygens (including phenoxy) is 1. The number of nitrogens with zero attached hydrogens (tertiary/aromatic N) is 3. The van der Waals surface area contributed by atoms with E-state index < -0.39 is 15.4 Å². The molecule has 0 radical (unpaired) electrons. The van der Waals surface area contributed by atoms with E-state index in [4.69, 9.17) is 4.74 Å². The maximum absolute atomic E-state index is 12.4. The number of fused-ring (bicyclic) bond motifs is 1. The Balaban J connectivity index is 1.67. The van der Waals surface area contributed by atoms with Gasteiger partial charge in [-0.15, -0.1) is 0 Å². The lowest BCUT2D eigenvalue weighted by Gasteiger charge is -2.36. The fraction of sp³-hybridized carbons (Fsp3) is 0.933. The average molecular weight is 345 g/mol. The van der Waals surface area contributed by atoms with Gasteiger partial charge in [-0.25, -0.2) is 12.7 Å². The second kappa shape index (κ2) is 5.98. The van der Waals surface area contributed by atoms with Crippen LogP contribution in [0.15, 0.2) is 0 Å². The number of carbonyl (C=O) groups is 1. The third kappa shape index (κ3) is 3.01. The Hall–Kier alpha value is -0.700. The van der Waals surface area contributed by atoms with Crippen LogP contribution in [-0.4, -0.2) is 94.2 Å². The summed E-state index contributed by atoms with van der Waals surface area (Å²) in [6.45, 7) is 4.48. The van der Waals surface area contributed by atoms with Crippen LogP contribution >= 0.6 is 0 Å². The molecule has 0 bridgehead atoms. The maximum Gasteiger partial charge on any atom is 0.314 e. The summed E-state index contributed by atoms with van der Waals surface area (Å²) in [6, 6.07) is 0.366. The van der Waals surface area contributed by atoms with Crippen LogP contribution in [0.2, 0.25) is 0 Å². The van der Waals surface area contributed by atoms with Crippen molar-refractivity contribution in [2.24, 2.45) is 11.3 Å². The van der Waals surface area contributed by atoms with E-state index in [0.29, 0.717) is 25.0 Å². The van der Waals surface area contributed by atoms with Gasteiger partial charge >= 0.3 is 5.97 Å².